The quantitative estimate of drug-likeness (QED) is 0.877. The van der Waals surface area contributed by atoms with E-state index >= 15 is 0 Å². The first-order valence-electron chi connectivity index (χ1n) is 9.55. The molecular weight excluding hydrogens is 298 g/mol. The summed E-state index contributed by atoms with van der Waals surface area (Å²) in [7, 11) is 0. The number of hydrogen-bond donors (Lipinski definition) is 1. The van der Waals surface area contributed by atoms with E-state index in [0.717, 1.165) is 23.5 Å². The Hall–Kier alpha value is -1.51. The Labute approximate surface area is 145 Å². The number of ether oxygens (including phenoxy) is 1. The van der Waals surface area contributed by atoms with Crippen molar-refractivity contribution < 1.29 is 9.53 Å². The highest BCUT2D eigenvalue weighted by atomic mass is 16.5. The molecule has 1 N–H and O–H groups in total. The second-order valence-electron chi connectivity index (χ2n) is 8.76. The number of rotatable bonds is 5. The van der Waals surface area contributed by atoms with Crippen LogP contribution in [0.15, 0.2) is 24.3 Å². The number of amides is 1. The van der Waals surface area contributed by atoms with Crippen molar-refractivity contribution in [3.05, 3.63) is 29.8 Å². The number of carbonyl (C=O) groups is 1. The summed E-state index contributed by atoms with van der Waals surface area (Å²) in [6.07, 6.45) is 7.75. The molecule has 0 aromatic heterocycles. The maximum atomic E-state index is 12.4. The lowest BCUT2D eigenvalue weighted by molar-refractivity contribution is -0.128. The number of carbonyl (C=O) groups excluding carboxylic acids is 1. The van der Waals surface area contributed by atoms with Gasteiger partial charge in [-0.2, -0.15) is 0 Å². The van der Waals surface area contributed by atoms with Gasteiger partial charge in [-0.3, -0.25) is 4.79 Å². The second kappa shape index (κ2) is 6.09. The van der Waals surface area contributed by atoms with Crippen molar-refractivity contribution in [3.8, 4) is 5.75 Å². The molecule has 5 rings (SSSR count). The summed E-state index contributed by atoms with van der Waals surface area (Å²) in [5, 5.41) is 3.36. The van der Waals surface area contributed by atoms with Gasteiger partial charge in [-0.1, -0.05) is 26.0 Å². The number of benzene rings is 1. The molecule has 0 atom stereocenters. The minimum Gasteiger partial charge on any atom is -0.484 e. The van der Waals surface area contributed by atoms with Crippen LogP contribution in [0, 0.1) is 17.8 Å². The highest BCUT2D eigenvalue weighted by molar-refractivity contribution is 5.78. The van der Waals surface area contributed by atoms with E-state index in [-0.39, 0.29) is 18.1 Å². The first-order valence-corrected chi connectivity index (χ1v) is 9.55. The fourth-order valence-corrected chi connectivity index (χ4v) is 5.69. The molecule has 24 heavy (non-hydrogen) atoms. The molecule has 130 valence electrons. The molecule has 0 saturated heterocycles. The minimum atomic E-state index is 0.0462. The lowest BCUT2D eigenvalue weighted by Crippen LogP contribution is -2.60. The van der Waals surface area contributed by atoms with Crippen LogP contribution in [0.3, 0.4) is 0 Å². The van der Waals surface area contributed by atoms with E-state index in [1.165, 1.54) is 44.1 Å². The third kappa shape index (κ3) is 3.18. The van der Waals surface area contributed by atoms with E-state index < -0.39 is 0 Å². The Balaban J connectivity index is 1.32. The van der Waals surface area contributed by atoms with Crippen molar-refractivity contribution in [2.24, 2.45) is 17.8 Å². The highest BCUT2D eigenvalue weighted by Gasteiger charge is 2.51. The van der Waals surface area contributed by atoms with Crippen LogP contribution in [0.4, 0.5) is 0 Å². The van der Waals surface area contributed by atoms with Crippen LogP contribution >= 0.6 is 0 Å². The van der Waals surface area contributed by atoms with Gasteiger partial charge in [0.05, 0.1) is 0 Å². The Morgan fingerprint density at radius 2 is 1.62 bits per heavy atom. The summed E-state index contributed by atoms with van der Waals surface area (Å²) < 4.78 is 5.70. The topological polar surface area (TPSA) is 38.3 Å². The number of nitrogens with one attached hydrogen (secondary N) is 1. The van der Waals surface area contributed by atoms with Gasteiger partial charge in [-0.15, -0.1) is 0 Å². The minimum absolute atomic E-state index is 0.0462. The first kappa shape index (κ1) is 16.0. The normalized spacial score (nSPS) is 33.7. The van der Waals surface area contributed by atoms with Crippen molar-refractivity contribution in [2.75, 3.05) is 6.61 Å². The van der Waals surface area contributed by atoms with Crippen molar-refractivity contribution in [2.45, 2.75) is 63.8 Å². The van der Waals surface area contributed by atoms with Crippen LogP contribution in [-0.2, 0) is 4.79 Å². The average molecular weight is 327 g/mol. The van der Waals surface area contributed by atoms with Gasteiger partial charge in [0.1, 0.15) is 5.75 Å². The summed E-state index contributed by atoms with van der Waals surface area (Å²) in [4.78, 5) is 12.4. The third-order valence-corrected chi connectivity index (χ3v) is 6.36. The molecule has 0 radical (unpaired) electrons. The van der Waals surface area contributed by atoms with E-state index in [2.05, 4.69) is 31.3 Å². The fourth-order valence-electron chi connectivity index (χ4n) is 5.69. The number of hydrogen-bond acceptors (Lipinski definition) is 2. The average Bonchev–Trinajstić information content (AvgIpc) is 2.51. The summed E-state index contributed by atoms with van der Waals surface area (Å²) in [5.74, 6) is 3.88. The molecule has 4 fully saturated rings. The van der Waals surface area contributed by atoms with Gasteiger partial charge in [0.25, 0.3) is 5.91 Å². The van der Waals surface area contributed by atoms with Crippen LogP contribution in [0.5, 0.6) is 5.75 Å². The molecular formula is C21H29NO2. The standard InChI is InChI=1S/C21H29NO2/c1-14(2)18-3-5-19(6-4-18)24-13-20(23)22-21-10-15-7-16(11-21)9-17(8-15)12-21/h3-6,14-17H,7-13H2,1-2H3,(H,22,23). The molecule has 4 aliphatic carbocycles. The molecule has 4 aliphatic rings. The van der Waals surface area contributed by atoms with Crippen molar-refractivity contribution in [1.82, 2.24) is 5.32 Å². The maximum Gasteiger partial charge on any atom is 0.258 e. The largest absolute Gasteiger partial charge is 0.484 e. The van der Waals surface area contributed by atoms with Crippen molar-refractivity contribution in [3.63, 3.8) is 0 Å². The fraction of sp³-hybridized carbons (Fsp3) is 0.667. The van der Waals surface area contributed by atoms with E-state index in [1.807, 2.05) is 12.1 Å². The molecule has 1 amide bonds. The summed E-state index contributed by atoms with van der Waals surface area (Å²) >= 11 is 0. The zero-order valence-corrected chi connectivity index (χ0v) is 14.9. The van der Waals surface area contributed by atoms with Crippen LogP contribution in [-0.4, -0.2) is 18.1 Å². The molecule has 0 unspecified atom stereocenters. The second-order valence-corrected chi connectivity index (χ2v) is 8.76. The van der Waals surface area contributed by atoms with Gasteiger partial charge < -0.3 is 10.1 Å². The van der Waals surface area contributed by atoms with E-state index in [4.69, 9.17) is 4.74 Å². The Bertz CT molecular complexity index is 569. The van der Waals surface area contributed by atoms with Gasteiger partial charge in [-0.25, -0.2) is 0 Å². The lowest BCUT2D eigenvalue weighted by atomic mass is 9.53. The Morgan fingerprint density at radius 1 is 1.08 bits per heavy atom. The Morgan fingerprint density at radius 3 is 2.12 bits per heavy atom. The predicted octanol–water partition coefficient (Wildman–Crippen LogP) is 4.27. The third-order valence-electron chi connectivity index (χ3n) is 6.36. The van der Waals surface area contributed by atoms with Crippen molar-refractivity contribution in [1.29, 1.82) is 0 Å². The SMILES string of the molecule is CC(C)c1ccc(OCC(=O)NC23CC4CC(CC(C4)C2)C3)cc1. The van der Waals surface area contributed by atoms with E-state index in [0.29, 0.717) is 5.92 Å². The van der Waals surface area contributed by atoms with Crippen LogP contribution in [0.2, 0.25) is 0 Å². The van der Waals surface area contributed by atoms with Crippen LogP contribution < -0.4 is 10.1 Å². The lowest BCUT2D eigenvalue weighted by Gasteiger charge is -2.56. The summed E-state index contributed by atoms with van der Waals surface area (Å²) in [6.45, 7) is 4.48. The monoisotopic (exact) mass is 327 g/mol. The van der Waals surface area contributed by atoms with E-state index in [9.17, 15) is 4.79 Å². The predicted molar refractivity (Wildman–Crippen MR) is 95.1 cm³/mol. The first-order chi connectivity index (χ1) is 11.5. The van der Waals surface area contributed by atoms with Gasteiger partial charge in [0.15, 0.2) is 6.61 Å². The molecule has 1 aromatic carbocycles. The smallest absolute Gasteiger partial charge is 0.258 e. The van der Waals surface area contributed by atoms with Crippen LogP contribution in [0.1, 0.15) is 63.9 Å². The molecule has 4 saturated carbocycles. The molecule has 1 aromatic rings. The molecule has 0 heterocycles. The zero-order chi connectivity index (χ0) is 16.7. The molecule has 0 spiro atoms. The van der Waals surface area contributed by atoms with Gasteiger partial charge >= 0.3 is 0 Å². The highest BCUT2D eigenvalue weighted by Crippen LogP contribution is 2.55. The summed E-state index contributed by atoms with van der Waals surface area (Å²) in [6, 6.07) is 8.09. The van der Waals surface area contributed by atoms with E-state index in [1.54, 1.807) is 0 Å². The summed E-state index contributed by atoms with van der Waals surface area (Å²) in [5.41, 5.74) is 1.37. The maximum absolute atomic E-state index is 12.4. The molecule has 0 aliphatic heterocycles. The molecule has 3 nitrogen and oxygen atoms in total. The zero-order valence-electron chi connectivity index (χ0n) is 14.9. The van der Waals surface area contributed by atoms with Gasteiger partial charge in [0, 0.05) is 5.54 Å². The van der Waals surface area contributed by atoms with Gasteiger partial charge in [-0.05, 0) is 79.9 Å². The van der Waals surface area contributed by atoms with Crippen LogP contribution in [0.25, 0.3) is 0 Å². The van der Waals surface area contributed by atoms with Crippen molar-refractivity contribution >= 4 is 5.91 Å². The van der Waals surface area contributed by atoms with Gasteiger partial charge in [0.2, 0.25) is 0 Å². The molecule has 4 bridgehead atoms. The Kier molecular flexibility index (Phi) is 4.06. The molecule has 3 heteroatoms.